The normalized spacial score (nSPS) is 17.5. The molecule has 2 heterocycles. The minimum atomic E-state index is -4.94. The molecule has 0 amide bonds. The van der Waals surface area contributed by atoms with Gasteiger partial charge in [0.1, 0.15) is 17.9 Å². The van der Waals surface area contributed by atoms with Gasteiger partial charge >= 0.3 is 6.18 Å². The highest BCUT2D eigenvalue weighted by Gasteiger charge is 2.43. The van der Waals surface area contributed by atoms with Crippen LogP contribution >= 0.6 is 0 Å². The molecule has 1 atom stereocenters. The van der Waals surface area contributed by atoms with Crippen LogP contribution in [-0.4, -0.2) is 72.9 Å². The minimum Gasteiger partial charge on any atom is -0.497 e. The van der Waals surface area contributed by atoms with Gasteiger partial charge in [0.05, 0.1) is 19.2 Å². The smallest absolute Gasteiger partial charge is 0.415 e. The number of aromatic nitrogens is 2. The van der Waals surface area contributed by atoms with Gasteiger partial charge in [0.2, 0.25) is 0 Å². The molecule has 13 heteroatoms. The lowest BCUT2D eigenvalue weighted by atomic mass is 10.0. The fourth-order valence-corrected chi connectivity index (χ4v) is 4.48. The SMILES string of the molecule is COc1ccc2ncnc(N3CCC(N(CC(O)C(F)(F)F)S(N)(=O)=O)CC3)c2c1. The summed E-state index contributed by atoms with van der Waals surface area (Å²) in [5, 5.41) is 15.2. The zero-order chi connectivity index (χ0) is 22.1. The van der Waals surface area contributed by atoms with Crippen molar-refractivity contribution in [3.63, 3.8) is 0 Å². The molecular weight excluding hydrogens is 427 g/mol. The standard InChI is InChI=1S/C17H22F3N5O4S/c1-29-12-2-3-14-13(8-12)16(23-10-22-14)24-6-4-11(5-7-24)25(30(21,27)28)9-15(26)17(18,19)20/h2-3,8,10-11,15,26H,4-7,9H2,1H3,(H2,21,27,28). The Bertz CT molecular complexity index is 997. The van der Waals surface area contributed by atoms with E-state index in [4.69, 9.17) is 9.88 Å². The number of halogens is 3. The molecule has 0 saturated carbocycles. The average Bonchev–Trinajstić information content (AvgIpc) is 2.69. The molecular formula is C17H22F3N5O4S. The Morgan fingerprint density at radius 2 is 2.00 bits per heavy atom. The van der Waals surface area contributed by atoms with Crippen molar-refractivity contribution in [2.24, 2.45) is 5.14 Å². The Morgan fingerprint density at radius 3 is 2.57 bits per heavy atom. The molecule has 3 rings (SSSR count). The molecule has 1 saturated heterocycles. The van der Waals surface area contributed by atoms with Gasteiger partial charge < -0.3 is 14.7 Å². The number of nitrogens with zero attached hydrogens (tertiary/aromatic N) is 4. The molecule has 9 nitrogen and oxygen atoms in total. The van der Waals surface area contributed by atoms with E-state index in [1.165, 1.54) is 13.4 Å². The van der Waals surface area contributed by atoms with Gasteiger partial charge in [-0.2, -0.15) is 25.9 Å². The molecule has 1 fully saturated rings. The zero-order valence-electron chi connectivity index (χ0n) is 16.1. The molecule has 1 aliphatic rings. The number of hydrogen-bond acceptors (Lipinski definition) is 7. The summed E-state index contributed by atoms with van der Waals surface area (Å²) in [4.78, 5) is 10.4. The second-order valence-electron chi connectivity index (χ2n) is 6.97. The van der Waals surface area contributed by atoms with Crippen LogP contribution in [0.15, 0.2) is 24.5 Å². The van der Waals surface area contributed by atoms with Gasteiger partial charge in [-0.25, -0.2) is 15.1 Å². The number of rotatable bonds is 6. The van der Waals surface area contributed by atoms with E-state index in [9.17, 15) is 26.7 Å². The van der Waals surface area contributed by atoms with Crippen molar-refractivity contribution in [2.75, 3.05) is 31.6 Å². The Kier molecular flexibility index (Phi) is 6.36. The Labute approximate surface area is 171 Å². The fourth-order valence-electron chi connectivity index (χ4n) is 3.50. The quantitative estimate of drug-likeness (QED) is 0.676. The first-order chi connectivity index (χ1) is 14.0. The first-order valence-corrected chi connectivity index (χ1v) is 10.6. The molecule has 0 radical (unpaired) electrons. The third kappa shape index (κ3) is 4.91. The van der Waals surface area contributed by atoms with Crippen molar-refractivity contribution >= 4 is 26.9 Å². The van der Waals surface area contributed by atoms with E-state index < -0.39 is 35.1 Å². The minimum absolute atomic E-state index is 0.219. The maximum absolute atomic E-state index is 12.7. The first kappa shape index (κ1) is 22.5. The number of alkyl halides is 3. The third-order valence-electron chi connectivity index (χ3n) is 5.05. The molecule has 3 N–H and O–H groups in total. The van der Waals surface area contributed by atoms with E-state index >= 15 is 0 Å². The summed E-state index contributed by atoms with van der Waals surface area (Å²) in [5.41, 5.74) is 0.697. The van der Waals surface area contributed by atoms with E-state index in [0.717, 1.165) is 5.39 Å². The number of ether oxygens (including phenoxy) is 1. The summed E-state index contributed by atoms with van der Waals surface area (Å²) in [6.45, 7) is -0.467. The van der Waals surface area contributed by atoms with Crippen LogP contribution in [0.3, 0.4) is 0 Å². The Morgan fingerprint density at radius 1 is 1.33 bits per heavy atom. The van der Waals surface area contributed by atoms with Crippen molar-refractivity contribution in [1.29, 1.82) is 0 Å². The van der Waals surface area contributed by atoms with Gasteiger partial charge in [0.15, 0.2) is 6.10 Å². The van der Waals surface area contributed by atoms with E-state index in [1.54, 1.807) is 18.2 Å². The number of nitrogens with two attached hydrogens (primary N) is 1. The van der Waals surface area contributed by atoms with E-state index in [0.29, 0.717) is 34.5 Å². The molecule has 166 valence electrons. The summed E-state index contributed by atoms with van der Waals surface area (Å²) >= 11 is 0. The number of benzene rings is 1. The van der Waals surface area contributed by atoms with Crippen molar-refractivity contribution < 1.29 is 31.4 Å². The molecule has 1 unspecified atom stereocenters. The number of piperidine rings is 1. The van der Waals surface area contributed by atoms with Gasteiger partial charge in [-0.05, 0) is 31.0 Å². The topological polar surface area (TPSA) is 122 Å². The molecule has 0 bridgehead atoms. The van der Waals surface area contributed by atoms with E-state index in [2.05, 4.69) is 9.97 Å². The van der Waals surface area contributed by atoms with Crippen molar-refractivity contribution in [3.8, 4) is 5.75 Å². The van der Waals surface area contributed by atoms with E-state index in [1.807, 2.05) is 4.90 Å². The predicted octanol–water partition coefficient (Wildman–Crippen LogP) is 1.04. The number of hydrogen-bond donors (Lipinski definition) is 2. The Balaban J connectivity index is 1.78. The van der Waals surface area contributed by atoms with Gasteiger partial charge in [0, 0.05) is 24.5 Å². The first-order valence-electron chi connectivity index (χ1n) is 9.08. The number of anilines is 1. The number of methoxy groups -OCH3 is 1. The van der Waals surface area contributed by atoms with Crippen LogP contribution in [0.4, 0.5) is 19.0 Å². The molecule has 1 aromatic heterocycles. The largest absolute Gasteiger partial charge is 0.497 e. The van der Waals surface area contributed by atoms with Crippen LogP contribution in [0.5, 0.6) is 5.75 Å². The fraction of sp³-hybridized carbons (Fsp3) is 0.529. The van der Waals surface area contributed by atoms with Crippen LogP contribution in [-0.2, 0) is 10.2 Å². The second kappa shape index (κ2) is 8.49. The molecule has 0 spiro atoms. The maximum Gasteiger partial charge on any atom is 0.415 e. The molecule has 0 aliphatic carbocycles. The summed E-state index contributed by atoms with van der Waals surface area (Å²) in [7, 11) is -2.90. The van der Waals surface area contributed by atoms with Gasteiger partial charge in [-0.15, -0.1) is 0 Å². The summed E-state index contributed by atoms with van der Waals surface area (Å²) in [6, 6.07) is 4.57. The lowest BCUT2D eigenvalue weighted by molar-refractivity contribution is -0.206. The van der Waals surface area contributed by atoms with Crippen molar-refractivity contribution in [1.82, 2.24) is 14.3 Å². The van der Waals surface area contributed by atoms with Crippen molar-refractivity contribution in [3.05, 3.63) is 24.5 Å². The van der Waals surface area contributed by atoms with Crippen LogP contribution in [0.2, 0.25) is 0 Å². The summed E-state index contributed by atoms with van der Waals surface area (Å²) < 4.78 is 67.6. The second-order valence-corrected chi connectivity index (χ2v) is 8.47. The van der Waals surface area contributed by atoms with Crippen LogP contribution < -0.4 is 14.8 Å². The molecule has 1 aromatic carbocycles. The van der Waals surface area contributed by atoms with Gasteiger partial charge in [-0.3, -0.25) is 0 Å². The number of aliphatic hydroxyl groups excluding tert-OH is 1. The zero-order valence-corrected chi connectivity index (χ0v) is 16.9. The maximum atomic E-state index is 12.7. The third-order valence-corrected chi connectivity index (χ3v) is 6.15. The lowest BCUT2D eigenvalue weighted by Crippen LogP contribution is -2.53. The van der Waals surface area contributed by atoms with E-state index in [-0.39, 0.29) is 12.8 Å². The molecule has 1 aliphatic heterocycles. The van der Waals surface area contributed by atoms with Crippen molar-refractivity contribution in [2.45, 2.75) is 31.2 Å². The lowest BCUT2D eigenvalue weighted by Gasteiger charge is -2.38. The number of fused-ring (bicyclic) bond motifs is 1. The molecule has 30 heavy (non-hydrogen) atoms. The van der Waals surface area contributed by atoms with Gasteiger partial charge in [0.25, 0.3) is 10.2 Å². The highest BCUT2D eigenvalue weighted by atomic mass is 32.2. The number of aliphatic hydroxyl groups is 1. The summed E-state index contributed by atoms with van der Waals surface area (Å²) in [6.07, 6.45) is -5.91. The molecule has 2 aromatic rings. The monoisotopic (exact) mass is 449 g/mol. The predicted molar refractivity (Wildman–Crippen MR) is 103 cm³/mol. The summed E-state index contributed by atoms with van der Waals surface area (Å²) in [5.74, 6) is 1.24. The van der Waals surface area contributed by atoms with Gasteiger partial charge in [-0.1, -0.05) is 0 Å². The Hall–Kier alpha value is -2.22. The van der Waals surface area contributed by atoms with Crippen LogP contribution in [0, 0.1) is 0 Å². The average molecular weight is 449 g/mol. The highest BCUT2D eigenvalue weighted by molar-refractivity contribution is 7.86. The van der Waals surface area contributed by atoms with Crippen LogP contribution in [0.1, 0.15) is 12.8 Å². The van der Waals surface area contributed by atoms with Crippen LogP contribution in [0.25, 0.3) is 10.9 Å². The highest BCUT2D eigenvalue weighted by Crippen LogP contribution is 2.30.